The first-order valence-electron chi connectivity index (χ1n) is 10.2. The Bertz CT molecular complexity index is 967. The lowest BCUT2D eigenvalue weighted by molar-refractivity contribution is 0.413. The zero-order chi connectivity index (χ0) is 21.7. The second-order valence-corrected chi connectivity index (χ2v) is 8.34. The van der Waals surface area contributed by atoms with Gasteiger partial charge in [-0.1, -0.05) is 31.2 Å². The van der Waals surface area contributed by atoms with Crippen molar-refractivity contribution >= 4 is 40.5 Å². The Labute approximate surface area is 184 Å². The third-order valence-electron chi connectivity index (χ3n) is 5.18. The number of para-hydroxylation sites is 1. The van der Waals surface area contributed by atoms with Gasteiger partial charge < -0.3 is 15.0 Å². The van der Waals surface area contributed by atoms with Gasteiger partial charge in [0.15, 0.2) is 5.11 Å². The highest BCUT2D eigenvalue weighted by Gasteiger charge is 2.31. The van der Waals surface area contributed by atoms with Crippen LogP contribution in [0.1, 0.15) is 45.2 Å². The van der Waals surface area contributed by atoms with E-state index in [0.717, 1.165) is 30.0 Å². The summed E-state index contributed by atoms with van der Waals surface area (Å²) >= 11 is 5.32. The summed E-state index contributed by atoms with van der Waals surface area (Å²) in [4.78, 5) is 2.44. The van der Waals surface area contributed by atoms with Crippen LogP contribution in [0, 0.1) is 0 Å². The Balaban J connectivity index is 1.83. The van der Waals surface area contributed by atoms with Crippen LogP contribution in [0.3, 0.4) is 0 Å². The summed E-state index contributed by atoms with van der Waals surface area (Å²) in [5.74, 6) is 0.785. The number of fused-ring (bicyclic) bond motifs is 1. The summed E-state index contributed by atoms with van der Waals surface area (Å²) in [6, 6.07) is 14.0. The van der Waals surface area contributed by atoms with Crippen LogP contribution < -0.4 is 20.4 Å². The van der Waals surface area contributed by atoms with Crippen LogP contribution in [-0.2, 0) is 0 Å². The number of nitrogens with one attached hydrogen (secondary N) is 2. The summed E-state index contributed by atoms with van der Waals surface area (Å²) in [7, 11) is 1.69. The standard InChI is InChI=1S/C24H30N4OS/c1-6-12-28-21-14-22(29-5)18(13-20(21)17(2)15-24(28,3)4)16-25-27-23(30)26-19-10-8-7-9-11-19/h7-11,13-16H,6,12H2,1-5H3,(H2,26,27,30)/b25-16+. The van der Waals surface area contributed by atoms with E-state index < -0.39 is 0 Å². The van der Waals surface area contributed by atoms with Crippen LogP contribution in [-0.4, -0.2) is 30.5 Å². The van der Waals surface area contributed by atoms with Crippen molar-refractivity contribution in [3.8, 4) is 5.75 Å². The minimum absolute atomic E-state index is 0.0371. The smallest absolute Gasteiger partial charge is 0.191 e. The van der Waals surface area contributed by atoms with E-state index in [0.29, 0.717) is 5.11 Å². The number of benzene rings is 2. The van der Waals surface area contributed by atoms with E-state index in [1.165, 1.54) is 16.8 Å². The molecule has 2 aromatic rings. The molecular weight excluding hydrogens is 392 g/mol. The van der Waals surface area contributed by atoms with Crippen LogP contribution in [0.5, 0.6) is 5.75 Å². The topological polar surface area (TPSA) is 48.9 Å². The third-order valence-corrected chi connectivity index (χ3v) is 5.37. The van der Waals surface area contributed by atoms with Crippen LogP contribution in [0.25, 0.3) is 5.57 Å². The Morgan fingerprint density at radius 1 is 1.23 bits per heavy atom. The minimum atomic E-state index is -0.0371. The largest absolute Gasteiger partial charge is 0.496 e. The zero-order valence-corrected chi connectivity index (χ0v) is 19.1. The van der Waals surface area contributed by atoms with E-state index in [-0.39, 0.29) is 5.54 Å². The summed E-state index contributed by atoms with van der Waals surface area (Å²) in [6.07, 6.45) is 5.15. The number of methoxy groups -OCH3 is 1. The molecule has 2 aromatic carbocycles. The van der Waals surface area contributed by atoms with Gasteiger partial charge >= 0.3 is 0 Å². The molecule has 6 heteroatoms. The van der Waals surface area contributed by atoms with Crippen molar-refractivity contribution in [3.63, 3.8) is 0 Å². The van der Waals surface area contributed by atoms with E-state index >= 15 is 0 Å². The lowest BCUT2D eigenvalue weighted by atomic mass is 9.87. The molecule has 0 saturated carbocycles. The molecule has 0 saturated heterocycles. The maximum atomic E-state index is 5.68. The molecule has 1 aliphatic rings. The fourth-order valence-corrected chi connectivity index (χ4v) is 4.04. The summed E-state index contributed by atoms with van der Waals surface area (Å²) in [6.45, 7) is 9.86. The Kier molecular flexibility index (Phi) is 6.77. The lowest BCUT2D eigenvalue weighted by Crippen LogP contribution is -2.45. The van der Waals surface area contributed by atoms with Crippen LogP contribution >= 0.6 is 12.2 Å². The van der Waals surface area contributed by atoms with Gasteiger partial charge in [0.05, 0.1) is 18.9 Å². The molecule has 0 unspecified atom stereocenters. The molecule has 1 heterocycles. The maximum Gasteiger partial charge on any atom is 0.191 e. The quantitative estimate of drug-likeness (QED) is 0.369. The molecule has 0 bridgehead atoms. The van der Waals surface area contributed by atoms with E-state index in [1.807, 2.05) is 30.3 Å². The predicted molar refractivity (Wildman–Crippen MR) is 132 cm³/mol. The third kappa shape index (κ3) is 4.82. The Morgan fingerprint density at radius 2 is 1.97 bits per heavy atom. The highest BCUT2D eigenvalue weighted by Crippen LogP contribution is 2.41. The van der Waals surface area contributed by atoms with Gasteiger partial charge in [-0.3, -0.25) is 5.43 Å². The number of anilines is 2. The van der Waals surface area contributed by atoms with Crippen molar-refractivity contribution < 1.29 is 4.74 Å². The van der Waals surface area contributed by atoms with E-state index in [2.05, 4.69) is 66.6 Å². The number of allylic oxidation sites excluding steroid dienone is 1. The maximum absolute atomic E-state index is 5.68. The van der Waals surface area contributed by atoms with Gasteiger partial charge in [0.1, 0.15) is 5.75 Å². The van der Waals surface area contributed by atoms with Crippen LogP contribution in [0.2, 0.25) is 0 Å². The first kappa shape index (κ1) is 21.8. The monoisotopic (exact) mass is 422 g/mol. The van der Waals surface area contributed by atoms with Crippen LogP contribution in [0.4, 0.5) is 11.4 Å². The molecule has 0 aliphatic carbocycles. The lowest BCUT2D eigenvalue weighted by Gasteiger charge is -2.43. The second kappa shape index (κ2) is 9.30. The van der Waals surface area contributed by atoms with Crippen LogP contribution in [0.15, 0.2) is 53.6 Å². The summed E-state index contributed by atoms with van der Waals surface area (Å²) in [5.41, 5.74) is 8.31. The molecule has 0 amide bonds. The van der Waals surface area contributed by atoms with Gasteiger partial charge in [-0.25, -0.2) is 0 Å². The van der Waals surface area contributed by atoms with Gasteiger partial charge in [0.2, 0.25) is 0 Å². The van der Waals surface area contributed by atoms with Crippen molar-refractivity contribution in [2.75, 3.05) is 23.9 Å². The number of nitrogens with zero attached hydrogens (tertiary/aromatic N) is 2. The molecule has 2 N–H and O–H groups in total. The Morgan fingerprint density at radius 3 is 2.63 bits per heavy atom. The van der Waals surface area contributed by atoms with Crippen molar-refractivity contribution in [1.82, 2.24) is 5.43 Å². The highest BCUT2D eigenvalue weighted by molar-refractivity contribution is 7.80. The molecule has 0 radical (unpaired) electrons. The van der Waals surface area contributed by atoms with Crippen molar-refractivity contribution in [2.24, 2.45) is 5.10 Å². The van der Waals surface area contributed by atoms with Gasteiger partial charge in [0.25, 0.3) is 0 Å². The van der Waals surface area contributed by atoms with Gasteiger partial charge in [-0.15, -0.1) is 0 Å². The first-order chi connectivity index (χ1) is 14.4. The number of hydrogen-bond donors (Lipinski definition) is 2. The van der Waals surface area contributed by atoms with E-state index in [9.17, 15) is 0 Å². The molecule has 3 rings (SSSR count). The fourth-order valence-electron chi connectivity index (χ4n) is 3.87. The van der Waals surface area contributed by atoms with Gasteiger partial charge in [-0.2, -0.15) is 5.10 Å². The highest BCUT2D eigenvalue weighted by atomic mass is 32.1. The molecule has 0 spiro atoms. The van der Waals surface area contributed by atoms with Crippen molar-refractivity contribution in [2.45, 2.75) is 39.7 Å². The molecule has 30 heavy (non-hydrogen) atoms. The van der Waals surface area contributed by atoms with E-state index in [4.69, 9.17) is 17.0 Å². The number of hydrogen-bond acceptors (Lipinski definition) is 4. The molecule has 0 atom stereocenters. The fraction of sp³-hybridized carbons (Fsp3) is 0.333. The van der Waals surface area contributed by atoms with Gasteiger partial charge in [-0.05, 0) is 63.2 Å². The summed E-state index contributed by atoms with van der Waals surface area (Å²) in [5, 5.41) is 7.85. The summed E-state index contributed by atoms with van der Waals surface area (Å²) < 4.78 is 5.68. The number of thiocarbonyl (C=S) groups is 1. The minimum Gasteiger partial charge on any atom is -0.496 e. The number of hydrazone groups is 1. The molecule has 158 valence electrons. The first-order valence-corrected chi connectivity index (χ1v) is 10.6. The molecule has 1 aliphatic heterocycles. The van der Waals surface area contributed by atoms with Gasteiger partial charge in [0, 0.05) is 35.1 Å². The van der Waals surface area contributed by atoms with Crippen molar-refractivity contribution in [1.29, 1.82) is 0 Å². The average Bonchev–Trinajstić information content (AvgIpc) is 2.71. The van der Waals surface area contributed by atoms with E-state index in [1.54, 1.807) is 13.3 Å². The molecule has 0 aromatic heterocycles. The average molecular weight is 423 g/mol. The Hall–Kier alpha value is -2.86. The molecule has 0 fully saturated rings. The van der Waals surface area contributed by atoms with Crippen molar-refractivity contribution in [3.05, 3.63) is 59.7 Å². The normalized spacial score (nSPS) is 14.8. The number of ether oxygens (including phenoxy) is 1. The SMILES string of the molecule is CCCN1c2cc(OC)c(/C=N/NC(=S)Nc3ccccc3)cc2C(C)=CC1(C)C. The predicted octanol–water partition coefficient (Wildman–Crippen LogP) is 5.43. The second-order valence-electron chi connectivity index (χ2n) is 7.93. The molecular formula is C24H30N4OS. The number of rotatable bonds is 6. The molecule has 5 nitrogen and oxygen atoms in total. The zero-order valence-electron chi connectivity index (χ0n) is 18.3.